The molecule has 0 aromatic heterocycles. The molecule has 23 heavy (non-hydrogen) atoms. The average molecular weight is 402 g/mol. The van der Waals surface area contributed by atoms with Gasteiger partial charge in [-0.25, -0.2) is 8.42 Å². The summed E-state index contributed by atoms with van der Waals surface area (Å²) in [6.45, 7) is 3.45. The highest BCUT2D eigenvalue weighted by Crippen LogP contribution is 2.28. The molecule has 1 rings (SSSR count). The van der Waals surface area contributed by atoms with Crippen molar-refractivity contribution in [3.8, 4) is 12.3 Å². The molecule has 0 aliphatic heterocycles. The smallest absolute Gasteiger partial charge is 0.324 e. The largest absolute Gasteiger partial charge is 0.468 e. The van der Waals surface area contributed by atoms with Crippen molar-refractivity contribution in [2.75, 3.05) is 13.7 Å². The standard InChI is InChI=1S/C16H20BrNO4S/c1-5-11-18(15(12(3)6-2)16(19)22-4)23(20,21)14-10-8-7-9-13(14)17/h1,7-10,12,15H,6,11H2,2-4H3/t12-,15-/m0/s1. The van der Waals surface area contributed by atoms with Crippen molar-refractivity contribution in [2.24, 2.45) is 5.92 Å². The van der Waals surface area contributed by atoms with E-state index < -0.39 is 22.0 Å². The van der Waals surface area contributed by atoms with Gasteiger partial charge in [-0.05, 0) is 34.0 Å². The molecule has 0 amide bonds. The van der Waals surface area contributed by atoms with Gasteiger partial charge in [0.15, 0.2) is 0 Å². The number of halogens is 1. The molecule has 0 heterocycles. The topological polar surface area (TPSA) is 63.7 Å². The number of carbonyl (C=O) groups is 1. The van der Waals surface area contributed by atoms with Crippen molar-refractivity contribution in [3.05, 3.63) is 28.7 Å². The first-order valence-electron chi connectivity index (χ1n) is 7.08. The van der Waals surface area contributed by atoms with Crippen molar-refractivity contribution in [1.82, 2.24) is 4.31 Å². The highest BCUT2D eigenvalue weighted by molar-refractivity contribution is 9.10. The quantitative estimate of drug-likeness (QED) is 0.520. The fraction of sp³-hybridized carbons (Fsp3) is 0.438. The van der Waals surface area contributed by atoms with Crippen molar-refractivity contribution in [2.45, 2.75) is 31.2 Å². The number of carbonyl (C=O) groups excluding carboxylic acids is 1. The van der Waals surface area contributed by atoms with Gasteiger partial charge in [0.1, 0.15) is 6.04 Å². The molecule has 0 N–H and O–H groups in total. The van der Waals surface area contributed by atoms with Gasteiger partial charge >= 0.3 is 5.97 Å². The number of sulfonamides is 1. The van der Waals surface area contributed by atoms with Crippen molar-refractivity contribution >= 4 is 31.9 Å². The molecule has 0 aliphatic rings. The molecular formula is C16H20BrNO4S. The Morgan fingerprint density at radius 1 is 1.43 bits per heavy atom. The number of hydrogen-bond acceptors (Lipinski definition) is 4. The Hall–Kier alpha value is -1.36. The molecule has 0 fully saturated rings. The van der Waals surface area contributed by atoms with E-state index in [9.17, 15) is 13.2 Å². The van der Waals surface area contributed by atoms with Crippen molar-refractivity contribution in [3.63, 3.8) is 0 Å². The Kier molecular flexibility index (Phi) is 7.26. The predicted molar refractivity (Wildman–Crippen MR) is 92.1 cm³/mol. The van der Waals surface area contributed by atoms with E-state index in [1.54, 1.807) is 25.1 Å². The summed E-state index contributed by atoms with van der Waals surface area (Å²) in [7, 11) is -2.73. The van der Waals surface area contributed by atoms with Crippen LogP contribution >= 0.6 is 15.9 Å². The van der Waals surface area contributed by atoms with E-state index in [0.717, 1.165) is 4.31 Å². The maximum Gasteiger partial charge on any atom is 0.324 e. The molecular weight excluding hydrogens is 382 g/mol. The van der Waals surface area contributed by atoms with Crippen LogP contribution in [0.2, 0.25) is 0 Å². The number of methoxy groups -OCH3 is 1. The molecule has 1 aromatic rings. The Labute approximate surface area is 146 Å². The maximum atomic E-state index is 13.0. The van der Waals surface area contributed by atoms with Gasteiger partial charge < -0.3 is 4.74 Å². The van der Waals surface area contributed by atoms with Crippen LogP contribution in [0.1, 0.15) is 20.3 Å². The number of nitrogens with zero attached hydrogens (tertiary/aromatic N) is 1. The van der Waals surface area contributed by atoms with Crippen molar-refractivity contribution < 1.29 is 17.9 Å². The molecule has 0 saturated carbocycles. The first-order chi connectivity index (χ1) is 10.8. The molecule has 0 bridgehead atoms. The van der Waals surface area contributed by atoms with E-state index in [1.165, 1.54) is 13.2 Å². The third-order valence-electron chi connectivity index (χ3n) is 3.61. The Morgan fingerprint density at radius 3 is 2.52 bits per heavy atom. The lowest BCUT2D eigenvalue weighted by molar-refractivity contribution is -0.146. The van der Waals surface area contributed by atoms with Gasteiger partial charge in [0.05, 0.1) is 18.6 Å². The minimum absolute atomic E-state index is 0.0625. The van der Waals surface area contributed by atoms with Crippen LogP contribution in [0.3, 0.4) is 0 Å². The average Bonchev–Trinajstić information content (AvgIpc) is 2.53. The monoisotopic (exact) mass is 401 g/mol. The molecule has 2 atom stereocenters. The van der Waals surface area contributed by atoms with E-state index in [0.29, 0.717) is 10.9 Å². The van der Waals surface area contributed by atoms with Crippen LogP contribution in [0.25, 0.3) is 0 Å². The first-order valence-corrected chi connectivity index (χ1v) is 9.32. The number of terminal acetylenes is 1. The fourth-order valence-corrected chi connectivity index (χ4v) is 4.73. The van der Waals surface area contributed by atoms with E-state index >= 15 is 0 Å². The predicted octanol–water partition coefficient (Wildman–Crippen LogP) is 2.66. The number of benzene rings is 1. The molecule has 0 saturated heterocycles. The highest BCUT2D eigenvalue weighted by Gasteiger charge is 2.39. The van der Waals surface area contributed by atoms with Gasteiger partial charge in [-0.3, -0.25) is 4.79 Å². The molecule has 7 heteroatoms. The molecule has 5 nitrogen and oxygen atoms in total. The van der Waals surface area contributed by atoms with Gasteiger partial charge in [0, 0.05) is 4.47 Å². The van der Waals surface area contributed by atoms with Crippen LogP contribution in [-0.4, -0.2) is 38.4 Å². The number of rotatable bonds is 7. The molecule has 126 valence electrons. The van der Waals surface area contributed by atoms with E-state index in [2.05, 4.69) is 21.9 Å². The van der Waals surface area contributed by atoms with Crippen LogP contribution in [0.5, 0.6) is 0 Å². The zero-order valence-electron chi connectivity index (χ0n) is 13.3. The van der Waals surface area contributed by atoms with Gasteiger partial charge in [-0.2, -0.15) is 4.31 Å². The van der Waals surface area contributed by atoms with Gasteiger partial charge in [0.25, 0.3) is 0 Å². The lowest BCUT2D eigenvalue weighted by Crippen LogP contribution is -2.49. The minimum atomic E-state index is -3.96. The van der Waals surface area contributed by atoms with Crippen LogP contribution < -0.4 is 0 Å². The summed E-state index contributed by atoms with van der Waals surface area (Å²) in [6.07, 6.45) is 5.95. The maximum absolute atomic E-state index is 13.0. The first kappa shape index (κ1) is 19.7. The van der Waals surface area contributed by atoms with Crippen LogP contribution in [-0.2, 0) is 19.6 Å². The van der Waals surface area contributed by atoms with Crippen LogP contribution in [0, 0.1) is 18.3 Å². The summed E-state index contributed by atoms with van der Waals surface area (Å²) < 4.78 is 32.3. The number of esters is 1. The zero-order chi connectivity index (χ0) is 17.6. The minimum Gasteiger partial charge on any atom is -0.468 e. The number of ether oxygens (including phenoxy) is 1. The van der Waals surface area contributed by atoms with Gasteiger partial charge in [0.2, 0.25) is 10.0 Å². The summed E-state index contributed by atoms with van der Waals surface area (Å²) in [5.41, 5.74) is 0. The van der Waals surface area contributed by atoms with Crippen LogP contribution in [0.15, 0.2) is 33.6 Å². The molecule has 0 unspecified atom stereocenters. The van der Waals surface area contributed by atoms with Crippen molar-refractivity contribution in [1.29, 1.82) is 0 Å². The summed E-state index contributed by atoms with van der Waals surface area (Å²) >= 11 is 3.24. The third kappa shape index (κ3) is 4.34. The zero-order valence-corrected chi connectivity index (χ0v) is 15.7. The van der Waals surface area contributed by atoms with E-state index in [-0.39, 0.29) is 17.4 Å². The summed E-state index contributed by atoms with van der Waals surface area (Å²) in [5.74, 6) is 1.46. The summed E-state index contributed by atoms with van der Waals surface area (Å²) in [6, 6.07) is 5.44. The van der Waals surface area contributed by atoms with Gasteiger partial charge in [-0.15, -0.1) is 6.42 Å². The van der Waals surface area contributed by atoms with E-state index in [4.69, 9.17) is 11.2 Å². The SMILES string of the molecule is C#CCN([C@H](C(=O)OC)[C@@H](C)CC)S(=O)(=O)c1ccccc1Br. The second-order valence-electron chi connectivity index (χ2n) is 5.04. The van der Waals surface area contributed by atoms with E-state index in [1.807, 2.05) is 6.92 Å². The fourth-order valence-electron chi connectivity index (χ4n) is 2.18. The molecule has 0 radical (unpaired) electrons. The van der Waals surface area contributed by atoms with Crippen LogP contribution in [0.4, 0.5) is 0 Å². The molecule has 0 aliphatic carbocycles. The number of hydrogen-bond donors (Lipinski definition) is 0. The van der Waals surface area contributed by atoms with Gasteiger partial charge in [-0.1, -0.05) is 38.3 Å². The lowest BCUT2D eigenvalue weighted by atomic mass is 9.99. The lowest BCUT2D eigenvalue weighted by Gasteiger charge is -2.31. The summed E-state index contributed by atoms with van der Waals surface area (Å²) in [4.78, 5) is 12.2. The molecule has 0 spiro atoms. The summed E-state index contributed by atoms with van der Waals surface area (Å²) in [5, 5.41) is 0. The normalized spacial score (nSPS) is 14.1. The Balaban J connectivity index is 3.47. The Bertz CT molecular complexity index is 696. The molecule has 1 aromatic carbocycles. The Morgan fingerprint density at radius 2 is 2.04 bits per heavy atom. The highest BCUT2D eigenvalue weighted by atomic mass is 79.9. The second kappa shape index (κ2) is 8.48. The second-order valence-corrected chi connectivity index (χ2v) is 7.75. The third-order valence-corrected chi connectivity index (χ3v) is 6.45.